The number of thiazole rings is 1. The van der Waals surface area contributed by atoms with Crippen molar-refractivity contribution in [3.63, 3.8) is 0 Å². The molecule has 1 unspecified atom stereocenters. The first kappa shape index (κ1) is 11.9. The van der Waals surface area contributed by atoms with Gasteiger partial charge in [-0.05, 0) is 17.3 Å². The molecule has 0 aliphatic rings. The van der Waals surface area contributed by atoms with Crippen LogP contribution in [0.3, 0.4) is 0 Å². The van der Waals surface area contributed by atoms with Gasteiger partial charge in [0.2, 0.25) is 0 Å². The summed E-state index contributed by atoms with van der Waals surface area (Å²) in [6.07, 6.45) is 0.724. The van der Waals surface area contributed by atoms with E-state index in [1.165, 1.54) is 6.20 Å². The molecule has 84 valence electrons. The molecule has 0 bridgehead atoms. The molecular weight excluding hydrogens is 218 g/mol. The van der Waals surface area contributed by atoms with Crippen molar-refractivity contribution in [2.24, 2.45) is 5.92 Å². The number of hydrogen-bond acceptors (Lipinski definition) is 6. The fraction of sp³-hybridized carbons (Fsp3) is 0.625. The van der Waals surface area contributed by atoms with Crippen molar-refractivity contribution >= 4 is 21.5 Å². The lowest BCUT2D eigenvalue weighted by Crippen LogP contribution is -2.24. The first-order chi connectivity index (χ1) is 7.00. The lowest BCUT2D eigenvalue weighted by atomic mass is 10.1. The zero-order chi connectivity index (χ0) is 11.4. The lowest BCUT2D eigenvalue weighted by molar-refractivity contribution is -0.380. The lowest BCUT2D eigenvalue weighted by Gasteiger charge is -2.13. The highest BCUT2D eigenvalue weighted by Crippen LogP contribution is 2.24. The van der Waals surface area contributed by atoms with Gasteiger partial charge in [0.05, 0.1) is 11.0 Å². The largest absolute Gasteiger partial charge is 0.391 e. The van der Waals surface area contributed by atoms with Crippen LogP contribution >= 0.6 is 11.3 Å². The van der Waals surface area contributed by atoms with Crippen molar-refractivity contribution in [2.75, 3.05) is 11.9 Å². The molecule has 7 heteroatoms. The Kier molecular flexibility index (Phi) is 3.98. The predicted octanol–water partition coefficient (Wildman–Crippen LogP) is 1.48. The molecule has 0 radical (unpaired) electrons. The van der Waals surface area contributed by atoms with E-state index in [2.05, 4.69) is 10.3 Å². The molecular formula is C8H13N3O3S. The molecule has 0 amide bonds. The Hall–Kier alpha value is -1.21. The van der Waals surface area contributed by atoms with Gasteiger partial charge in [-0.3, -0.25) is 10.1 Å². The SMILES string of the molecule is CC(C)C(O)CNc1ncc([N+](=O)[O-])s1. The van der Waals surface area contributed by atoms with Crippen molar-refractivity contribution in [3.8, 4) is 0 Å². The third-order valence-corrected chi connectivity index (χ3v) is 2.81. The van der Waals surface area contributed by atoms with Crippen LogP contribution < -0.4 is 5.32 Å². The zero-order valence-corrected chi connectivity index (χ0v) is 9.32. The van der Waals surface area contributed by atoms with Gasteiger partial charge in [0.15, 0.2) is 5.13 Å². The van der Waals surface area contributed by atoms with E-state index in [1.54, 1.807) is 0 Å². The van der Waals surface area contributed by atoms with Gasteiger partial charge in [0.1, 0.15) is 6.20 Å². The van der Waals surface area contributed by atoms with Crippen LogP contribution in [-0.4, -0.2) is 27.7 Å². The topological polar surface area (TPSA) is 88.3 Å². The molecule has 1 atom stereocenters. The van der Waals surface area contributed by atoms with Crippen molar-refractivity contribution in [1.82, 2.24) is 4.98 Å². The van der Waals surface area contributed by atoms with Gasteiger partial charge in [0, 0.05) is 6.54 Å². The smallest absolute Gasteiger partial charge is 0.345 e. The fourth-order valence-corrected chi connectivity index (χ4v) is 1.50. The molecule has 0 saturated carbocycles. The molecule has 6 nitrogen and oxygen atoms in total. The molecule has 0 fully saturated rings. The van der Waals surface area contributed by atoms with E-state index in [0.29, 0.717) is 11.7 Å². The van der Waals surface area contributed by atoms with Crippen molar-refractivity contribution in [1.29, 1.82) is 0 Å². The van der Waals surface area contributed by atoms with Crippen LogP contribution in [0, 0.1) is 16.0 Å². The fourth-order valence-electron chi connectivity index (χ4n) is 0.859. The number of nitrogens with one attached hydrogen (secondary N) is 1. The third-order valence-electron chi connectivity index (χ3n) is 1.91. The van der Waals surface area contributed by atoms with E-state index < -0.39 is 11.0 Å². The molecule has 2 N–H and O–H groups in total. The summed E-state index contributed by atoms with van der Waals surface area (Å²) >= 11 is 0.962. The molecule has 1 rings (SSSR count). The maximum absolute atomic E-state index is 10.4. The Morgan fingerprint density at radius 1 is 1.73 bits per heavy atom. The molecule has 0 aliphatic heterocycles. The normalized spacial score (nSPS) is 12.8. The van der Waals surface area contributed by atoms with Crippen molar-refractivity contribution in [2.45, 2.75) is 20.0 Å². The maximum atomic E-state index is 10.4. The highest BCUT2D eigenvalue weighted by molar-refractivity contribution is 7.18. The van der Waals surface area contributed by atoms with Gasteiger partial charge >= 0.3 is 5.00 Å². The average molecular weight is 231 g/mol. The van der Waals surface area contributed by atoms with E-state index in [9.17, 15) is 15.2 Å². The number of aliphatic hydroxyl groups is 1. The Balaban J connectivity index is 2.48. The van der Waals surface area contributed by atoms with E-state index >= 15 is 0 Å². The minimum absolute atomic E-state index is 0.00321. The summed E-state index contributed by atoms with van der Waals surface area (Å²) in [5.74, 6) is 0.146. The van der Waals surface area contributed by atoms with Crippen LogP contribution in [0.5, 0.6) is 0 Å². The molecule has 0 spiro atoms. The van der Waals surface area contributed by atoms with Crippen molar-refractivity contribution in [3.05, 3.63) is 16.3 Å². The number of rotatable bonds is 5. The Labute approximate surface area is 91.1 Å². The van der Waals surface area contributed by atoms with Gasteiger partial charge in [0.25, 0.3) is 0 Å². The first-order valence-electron chi connectivity index (χ1n) is 4.53. The van der Waals surface area contributed by atoms with Crippen molar-refractivity contribution < 1.29 is 10.0 Å². The molecule has 15 heavy (non-hydrogen) atoms. The van der Waals surface area contributed by atoms with Crippen LogP contribution in [0.4, 0.5) is 10.1 Å². The van der Waals surface area contributed by atoms with Crippen LogP contribution in [-0.2, 0) is 0 Å². The third kappa shape index (κ3) is 3.45. The van der Waals surface area contributed by atoms with Crippen LogP contribution in [0.1, 0.15) is 13.8 Å². The average Bonchev–Trinajstić information content (AvgIpc) is 2.62. The van der Waals surface area contributed by atoms with Gasteiger partial charge in [-0.2, -0.15) is 0 Å². The van der Waals surface area contributed by atoms with E-state index in [-0.39, 0.29) is 10.9 Å². The quantitative estimate of drug-likeness (QED) is 0.592. The summed E-state index contributed by atoms with van der Waals surface area (Å²) in [4.78, 5) is 13.7. The van der Waals surface area contributed by atoms with Gasteiger partial charge < -0.3 is 10.4 Å². The van der Waals surface area contributed by atoms with E-state index in [0.717, 1.165) is 11.3 Å². The first-order valence-corrected chi connectivity index (χ1v) is 5.34. The standard InChI is InChI=1S/C8H13N3O3S/c1-5(2)6(12)3-9-8-10-4-7(15-8)11(13)14/h4-6,12H,3H2,1-2H3,(H,9,10). The van der Waals surface area contributed by atoms with E-state index in [4.69, 9.17) is 0 Å². The number of aromatic nitrogens is 1. The molecule has 1 heterocycles. The Bertz CT molecular complexity index is 340. The number of aliphatic hydroxyl groups excluding tert-OH is 1. The minimum Gasteiger partial charge on any atom is -0.391 e. The minimum atomic E-state index is -0.484. The summed E-state index contributed by atoms with van der Waals surface area (Å²) in [7, 11) is 0. The van der Waals surface area contributed by atoms with E-state index in [1.807, 2.05) is 13.8 Å². The van der Waals surface area contributed by atoms with Crippen LogP contribution in [0.15, 0.2) is 6.20 Å². The molecule has 0 saturated heterocycles. The highest BCUT2D eigenvalue weighted by Gasteiger charge is 2.13. The van der Waals surface area contributed by atoms with Gasteiger partial charge in [-0.25, -0.2) is 4.98 Å². The number of anilines is 1. The Morgan fingerprint density at radius 2 is 2.40 bits per heavy atom. The number of hydrogen-bond donors (Lipinski definition) is 2. The molecule has 0 aliphatic carbocycles. The zero-order valence-electron chi connectivity index (χ0n) is 8.51. The second kappa shape index (κ2) is 5.04. The second-order valence-electron chi connectivity index (χ2n) is 3.45. The summed E-state index contributed by atoms with van der Waals surface area (Å²) in [5, 5.41) is 23.2. The summed E-state index contributed by atoms with van der Waals surface area (Å²) in [5.41, 5.74) is 0. The summed E-state index contributed by atoms with van der Waals surface area (Å²) in [6, 6.07) is 0. The molecule has 1 aromatic rings. The van der Waals surface area contributed by atoms with Crippen LogP contribution in [0.25, 0.3) is 0 Å². The summed E-state index contributed by atoms with van der Waals surface area (Å²) < 4.78 is 0. The van der Waals surface area contributed by atoms with Crippen LogP contribution in [0.2, 0.25) is 0 Å². The Morgan fingerprint density at radius 3 is 2.87 bits per heavy atom. The predicted molar refractivity (Wildman–Crippen MR) is 58.1 cm³/mol. The molecule has 1 aromatic heterocycles. The summed E-state index contributed by atoms with van der Waals surface area (Å²) in [6.45, 7) is 4.15. The van der Waals surface area contributed by atoms with Gasteiger partial charge in [-0.15, -0.1) is 0 Å². The molecule has 0 aromatic carbocycles. The number of nitro groups is 1. The number of nitrogens with zero attached hydrogens (tertiary/aromatic N) is 2. The second-order valence-corrected chi connectivity index (χ2v) is 4.46. The maximum Gasteiger partial charge on any atom is 0.345 e. The monoisotopic (exact) mass is 231 g/mol. The van der Waals surface area contributed by atoms with Gasteiger partial charge in [-0.1, -0.05) is 13.8 Å². The highest BCUT2D eigenvalue weighted by atomic mass is 32.1.